The van der Waals surface area contributed by atoms with Gasteiger partial charge in [-0.25, -0.2) is 0 Å². The molecule has 4 rings (SSSR count). The van der Waals surface area contributed by atoms with E-state index in [9.17, 15) is 24.0 Å². The first-order chi connectivity index (χ1) is 19.8. The number of Topliss-reactive ketones (excluding diaryl/α,β-unsaturated/α-hetero) is 1. The molecule has 0 radical (unpaired) electrons. The minimum Gasteiger partial charge on any atom is -0.346 e. The van der Waals surface area contributed by atoms with E-state index >= 15 is 0 Å². The van der Waals surface area contributed by atoms with E-state index in [2.05, 4.69) is 34.7 Å². The van der Waals surface area contributed by atoms with Crippen molar-refractivity contribution in [1.82, 2.24) is 20.9 Å². The lowest BCUT2D eigenvalue weighted by molar-refractivity contribution is -0.144. The van der Waals surface area contributed by atoms with Crippen molar-refractivity contribution in [2.24, 2.45) is 11.8 Å². The summed E-state index contributed by atoms with van der Waals surface area (Å²) in [7, 11) is 0. The molecule has 1 aromatic rings. The van der Waals surface area contributed by atoms with Gasteiger partial charge in [-0.3, -0.25) is 24.0 Å². The van der Waals surface area contributed by atoms with Crippen molar-refractivity contribution >= 4 is 29.4 Å². The fourth-order valence-corrected chi connectivity index (χ4v) is 6.64. The molecule has 1 heterocycles. The van der Waals surface area contributed by atoms with Gasteiger partial charge in [0.25, 0.3) is 5.91 Å². The second-order valence-electron chi connectivity index (χ2n) is 11.7. The van der Waals surface area contributed by atoms with E-state index in [1.807, 2.05) is 19.1 Å². The average molecular weight is 565 g/mol. The summed E-state index contributed by atoms with van der Waals surface area (Å²) in [5.41, 5.74) is 2.37. The molecular formula is C32H44N4O5. The Bertz CT molecular complexity index is 1120. The average Bonchev–Trinajstić information content (AvgIpc) is 3.74. The molecule has 4 amide bonds. The van der Waals surface area contributed by atoms with Gasteiger partial charge < -0.3 is 20.9 Å². The van der Waals surface area contributed by atoms with Crippen LogP contribution >= 0.6 is 0 Å². The van der Waals surface area contributed by atoms with Crippen LogP contribution in [-0.4, -0.2) is 65.5 Å². The molecule has 41 heavy (non-hydrogen) atoms. The normalized spacial score (nSPS) is 20.2. The molecule has 3 atom stereocenters. The van der Waals surface area contributed by atoms with E-state index < -0.39 is 35.7 Å². The topological polar surface area (TPSA) is 125 Å². The maximum Gasteiger partial charge on any atom is 0.289 e. The summed E-state index contributed by atoms with van der Waals surface area (Å²) >= 11 is 0. The Kier molecular flexibility index (Phi) is 10.7. The molecule has 3 aliphatic rings. The van der Waals surface area contributed by atoms with Gasteiger partial charge in [-0.15, -0.1) is 6.58 Å². The number of carbonyl (C=O) groups excluding carboxylic acids is 5. The highest BCUT2D eigenvalue weighted by molar-refractivity contribution is 6.38. The first kappa shape index (κ1) is 30.5. The van der Waals surface area contributed by atoms with Gasteiger partial charge >= 0.3 is 0 Å². The number of nitrogens with zero attached hydrogens (tertiary/aromatic N) is 1. The molecule has 9 nitrogen and oxygen atoms in total. The number of hydrogen-bond donors (Lipinski definition) is 3. The zero-order valence-corrected chi connectivity index (χ0v) is 24.2. The largest absolute Gasteiger partial charge is 0.346 e. The van der Waals surface area contributed by atoms with Crippen LogP contribution in [0, 0.1) is 11.8 Å². The monoisotopic (exact) mass is 564 g/mol. The van der Waals surface area contributed by atoms with Crippen molar-refractivity contribution < 1.29 is 24.0 Å². The summed E-state index contributed by atoms with van der Waals surface area (Å²) in [6.45, 7) is 5.96. The number of hydrogen-bond acceptors (Lipinski definition) is 5. The van der Waals surface area contributed by atoms with Gasteiger partial charge in [-0.05, 0) is 67.9 Å². The number of ketones is 1. The lowest BCUT2D eigenvalue weighted by atomic mass is 9.94. The number of nitrogens with one attached hydrogen (secondary N) is 3. The Labute approximate surface area is 242 Å². The molecule has 222 valence electrons. The summed E-state index contributed by atoms with van der Waals surface area (Å²) in [5, 5.41) is 8.33. The zero-order valence-electron chi connectivity index (χ0n) is 24.2. The SMILES string of the molecule is C=CCNC(=O)C(=O)C(CCC)NC(=O)[C@@H]1CCCN1C(=O)C(NC(=O)CC1CCCC1)C1Cc2ccccc2C1. The number of carbonyl (C=O) groups is 5. The lowest BCUT2D eigenvalue weighted by Gasteiger charge is -2.32. The van der Waals surface area contributed by atoms with Crippen molar-refractivity contribution in [2.75, 3.05) is 13.1 Å². The van der Waals surface area contributed by atoms with Crippen molar-refractivity contribution in [1.29, 1.82) is 0 Å². The molecule has 1 aromatic carbocycles. The minimum absolute atomic E-state index is 0.0975. The molecule has 1 aliphatic heterocycles. The smallest absolute Gasteiger partial charge is 0.289 e. The highest BCUT2D eigenvalue weighted by Crippen LogP contribution is 2.32. The highest BCUT2D eigenvalue weighted by Gasteiger charge is 2.43. The van der Waals surface area contributed by atoms with E-state index in [1.165, 1.54) is 17.2 Å². The van der Waals surface area contributed by atoms with E-state index in [1.54, 1.807) is 4.90 Å². The Hall–Kier alpha value is -3.49. The molecule has 2 aliphatic carbocycles. The molecule has 9 heteroatoms. The molecule has 2 fully saturated rings. The molecule has 0 aromatic heterocycles. The van der Waals surface area contributed by atoms with E-state index in [-0.39, 0.29) is 24.3 Å². The quantitative estimate of drug-likeness (QED) is 0.251. The molecule has 0 bridgehead atoms. The van der Waals surface area contributed by atoms with Crippen molar-refractivity contribution in [3.8, 4) is 0 Å². The third-order valence-corrected chi connectivity index (χ3v) is 8.76. The summed E-state index contributed by atoms with van der Waals surface area (Å²) < 4.78 is 0. The molecular weight excluding hydrogens is 520 g/mol. The fourth-order valence-electron chi connectivity index (χ4n) is 6.64. The van der Waals surface area contributed by atoms with Crippen LogP contribution in [0.25, 0.3) is 0 Å². The van der Waals surface area contributed by atoms with Crippen molar-refractivity contribution in [3.63, 3.8) is 0 Å². The van der Waals surface area contributed by atoms with Gasteiger partial charge in [-0.2, -0.15) is 0 Å². The predicted octanol–water partition coefficient (Wildman–Crippen LogP) is 2.61. The standard InChI is InChI=1S/C32H44N4O5/c1-3-10-25(29(38)31(40)33-16-4-2)34-30(39)26-15-9-17-36(26)32(41)28(35-27(37)18-21-11-5-6-12-21)24-19-22-13-7-8-14-23(22)20-24/h4,7-8,13-14,21,24-26,28H,2-3,5-6,9-12,15-20H2,1H3,(H,33,40)(H,34,39)(H,35,37)/t25?,26-,28?/m0/s1. The second-order valence-corrected chi connectivity index (χ2v) is 11.7. The van der Waals surface area contributed by atoms with Gasteiger partial charge in [0.2, 0.25) is 23.5 Å². The summed E-state index contributed by atoms with van der Waals surface area (Å²) in [6.07, 6.45) is 9.64. The minimum atomic E-state index is -0.971. The van der Waals surface area contributed by atoms with Crippen LogP contribution in [0.4, 0.5) is 0 Å². The van der Waals surface area contributed by atoms with E-state index in [0.717, 1.165) is 25.7 Å². The number of amides is 4. The van der Waals surface area contributed by atoms with Gasteiger partial charge in [0, 0.05) is 19.5 Å². The van der Waals surface area contributed by atoms with Crippen molar-refractivity contribution in [2.45, 2.75) is 95.7 Å². The molecule has 0 spiro atoms. The summed E-state index contributed by atoms with van der Waals surface area (Å²) in [5.74, 6) is -2.02. The van der Waals surface area contributed by atoms with Crippen LogP contribution in [0.3, 0.4) is 0 Å². The Morgan fingerprint density at radius 1 is 1.00 bits per heavy atom. The Balaban J connectivity index is 1.48. The van der Waals surface area contributed by atoms with E-state index in [0.29, 0.717) is 57.4 Å². The number of likely N-dealkylation sites (tertiary alicyclic amines) is 1. The number of rotatable bonds is 13. The van der Waals surface area contributed by atoms with Gasteiger partial charge in [0.15, 0.2) is 0 Å². The third kappa shape index (κ3) is 7.63. The maximum absolute atomic E-state index is 14.1. The van der Waals surface area contributed by atoms with Crippen LogP contribution in [0.1, 0.15) is 75.8 Å². The lowest BCUT2D eigenvalue weighted by Crippen LogP contribution is -2.58. The molecule has 2 unspecified atom stereocenters. The Morgan fingerprint density at radius 3 is 2.32 bits per heavy atom. The molecule has 1 saturated carbocycles. The fraction of sp³-hybridized carbons (Fsp3) is 0.594. The van der Waals surface area contributed by atoms with Gasteiger partial charge in [0.1, 0.15) is 12.1 Å². The van der Waals surface area contributed by atoms with Crippen LogP contribution in [0.2, 0.25) is 0 Å². The van der Waals surface area contributed by atoms with Crippen LogP contribution in [0.15, 0.2) is 36.9 Å². The number of benzene rings is 1. The molecule has 1 saturated heterocycles. The molecule has 3 N–H and O–H groups in total. The van der Waals surface area contributed by atoms with E-state index in [4.69, 9.17) is 0 Å². The first-order valence-electron chi connectivity index (χ1n) is 15.2. The van der Waals surface area contributed by atoms with Gasteiger partial charge in [0.05, 0.1) is 6.04 Å². The highest BCUT2D eigenvalue weighted by atomic mass is 16.2. The second kappa shape index (κ2) is 14.4. The third-order valence-electron chi connectivity index (χ3n) is 8.76. The predicted molar refractivity (Wildman–Crippen MR) is 156 cm³/mol. The van der Waals surface area contributed by atoms with Crippen LogP contribution in [0.5, 0.6) is 0 Å². The summed E-state index contributed by atoms with van der Waals surface area (Å²) in [6, 6.07) is 5.65. The van der Waals surface area contributed by atoms with Crippen LogP contribution in [-0.2, 0) is 36.8 Å². The maximum atomic E-state index is 14.1. The van der Waals surface area contributed by atoms with Crippen molar-refractivity contribution in [3.05, 3.63) is 48.0 Å². The number of fused-ring (bicyclic) bond motifs is 1. The Morgan fingerprint density at radius 2 is 1.68 bits per heavy atom. The summed E-state index contributed by atoms with van der Waals surface area (Å²) in [4.78, 5) is 67.4. The first-order valence-corrected chi connectivity index (χ1v) is 15.2. The van der Waals surface area contributed by atoms with Crippen LogP contribution < -0.4 is 16.0 Å². The van der Waals surface area contributed by atoms with Gasteiger partial charge in [-0.1, -0.05) is 56.5 Å². The zero-order chi connectivity index (χ0) is 29.4.